The molecule has 1 N–H and O–H groups in total. The smallest absolute Gasteiger partial charge is 0.412 e. The minimum Gasteiger partial charge on any atom is -0.464 e. The predicted molar refractivity (Wildman–Crippen MR) is 85.4 cm³/mol. The molecule has 2 aromatic rings. The van der Waals surface area contributed by atoms with E-state index in [4.69, 9.17) is 9.47 Å². The normalized spacial score (nSPS) is 11.0. The predicted octanol–water partition coefficient (Wildman–Crippen LogP) is 2.01. The van der Waals surface area contributed by atoms with Gasteiger partial charge >= 0.3 is 12.1 Å². The number of rotatable bonds is 3. The minimum absolute atomic E-state index is 0.192. The fourth-order valence-electron chi connectivity index (χ4n) is 1.88. The molecule has 9 heteroatoms. The van der Waals surface area contributed by atoms with Gasteiger partial charge in [0.25, 0.3) is 0 Å². The molecule has 0 fully saturated rings. The van der Waals surface area contributed by atoms with E-state index in [1.807, 2.05) is 0 Å². The highest BCUT2D eigenvalue weighted by atomic mass is 16.6. The first-order valence-corrected chi connectivity index (χ1v) is 7.15. The maximum absolute atomic E-state index is 11.8. The summed E-state index contributed by atoms with van der Waals surface area (Å²) in [6.07, 6.45) is 0.862. The Balaban J connectivity index is 2.19. The van der Waals surface area contributed by atoms with Crippen LogP contribution < -0.4 is 5.32 Å². The number of aromatic nitrogens is 4. The highest BCUT2D eigenvalue weighted by Gasteiger charge is 2.22. The Bertz CT molecular complexity index is 746. The molecule has 24 heavy (non-hydrogen) atoms. The number of hydrogen-bond acceptors (Lipinski definition) is 7. The summed E-state index contributed by atoms with van der Waals surface area (Å²) in [5.41, 5.74) is 0.785. The van der Waals surface area contributed by atoms with Gasteiger partial charge in [-0.15, -0.1) is 5.10 Å². The van der Waals surface area contributed by atoms with Gasteiger partial charge in [-0.3, -0.25) is 10.3 Å². The number of carbonyl (C=O) groups is 2. The summed E-state index contributed by atoms with van der Waals surface area (Å²) in [5.74, 6) is -0.560. The fraction of sp³-hybridized carbons (Fsp3) is 0.400. The van der Waals surface area contributed by atoms with Crippen LogP contribution in [0.4, 0.5) is 10.5 Å². The summed E-state index contributed by atoms with van der Waals surface area (Å²) < 4.78 is 11.2. The Labute approximate surface area is 139 Å². The number of esters is 1. The lowest BCUT2D eigenvalue weighted by molar-refractivity contribution is 0.0587. The molecule has 0 saturated carbocycles. The van der Waals surface area contributed by atoms with Gasteiger partial charge in [-0.2, -0.15) is 0 Å². The first-order valence-electron chi connectivity index (χ1n) is 7.15. The van der Waals surface area contributed by atoms with Crippen molar-refractivity contribution < 1.29 is 19.1 Å². The van der Waals surface area contributed by atoms with Crippen LogP contribution in [0.2, 0.25) is 0 Å². The number of amides is 1. The van der Waals surface area contributed by atoms with Crippen molar-refractivity contribution in [1.29, 1.82) is 0 Å². The van der Waals surface area contributed by atoms with E-state index in [2.05, 4.69) is 20.6 Å². The highest BCUT2D eigenvalue weighted by Crippen LogP contribution is 2.21. The SMILES string of the molecule is COC(=O)c1c(-c2ccc(NC(=O)OC(C)(C)C)cn2)nnn1C. The van der Waals surface area contributed by atoms with Gasteiger partial charge < -0.3 is 9.47 Å². The molecule has 0 aromatic carbocycles. The van der Waals surface area contributed by atoms with E-state index in [9.17, 15) is 9.59 Å². The molecular formula is C15H19N5O4. The van der Waals surface area contributed by atoms with Crippen molar-refractivity contribution in [2.75, 3.05) is 12.4 Å². The number of nitrogens with zero attached hydrogens (tertiary/aromatic N) is 4. The van der Waals surface area contributed by atoms with Gasteiger partial charge in [0.2, 0.25) is 0 Å². The quantitative estimate of drug-likeness (QED) is 0.856. The second-order valence-corrected chi connectivity index (χ2v) is 5.96. The molecule has 2 rings (SSSR count). The van der Waals surface area contributed by atoms with Gasteiger partial charge in [0.1, 0.15) is 11.3 Å². The lowest BCUT2D eigenvalue weighted by Crippen LogP contribution is -2.27. The van der Waals surface area contributed by atoms with Crippen LogP contribution in [-0.4, -0.2) is 44.8 Å². The molecule has 0 radical (unpaired) electrons. The van der Waals surface area contributed by atoms with Crippen LogP contribution in [0.3, 0.4) is 0 Å². The number of pyridine rings is 1. The molecule has 2 aromatic heterocycles. The first-order chi connectivity index (χ1) is 11.2. The number of nitrogens with one attached hydrogen (secondary N) is 1. The Morgan fingerprint density at radius 2 is 1.96 bits per heavy atom. The molecule has 0 aliphatic carbocycles. The third-order valence-electron chi connectivity index (χ3n) is 2.86. The molecule has 9 nitrogen and oxygen atoms in total. The van der Waals surface area contributed by atoms with E-state index in [0.717, 1.165) is 0 Å². The van der Waals surface area contributed by atoms with Crippen LogP contribution in [0.25, 0.3) is 11.4 Å². The zero-order chi connectivity index (χ0) is 17.9. The van der Waals surface area contributed by atoms with Gasteiger partial charge in [-0.1, -0.05) is 5.21 Å². The van der Waals surface area contributed by atoms with Crippen molar-refractivity contribution in [2.24, 2.45) is 7.05 Å². The number of ether oxygens (including phenoxy) is 2. The van der Waals surface area contributed by atoms with Gasteiger partial charge in [0.05, 0.1) is 24.7 Å². The molecule has 0 aliphatic rings. The zero-order valence-corrected chi connectivity index (χ0v) is 14.2. The van der Waals surface area contributed by atoms with Crippen LogP contribution in [0.5, 0.6) is 0 Å². The van der Waals surface area contributed by atoms with Gasteiger partial charge in [-0.05, 0) is 32.9 Å². The molecule has 128 valence electrons. The molecule has 0 saturated heterocycles. The lowest BCUT2D eigenvalue weighted by atomic mass is 10.2. The summed E-state index contributed by atoms with van der Waals surface area (Å²) in [5, 5.41) is 10.3. The molecule has 0 bridgehead atoms. The maximum atomic E-state index is 11.8. The molecular weight excluding hydrogens is 314 g/mol. The maximum Gasteiger partial charge on any atom is 0.412 e. The Morgan fingerprint density at radius 1 is 1.25 bits per heavy atom. The van der Waals surface area contributed by atoms with Gasteiger partial charge in [-0.25, -0.2) is 14.3 Å². The van der Waals surface area contributed by atoms with Crippen molar-refractivity contribution in [3.63, 3.8) is 0 Å². The summed E-state index contributed by atoms with van der Waals surface area (Å²) in [4.78, 5) is 27.7. The van der Waals surface area contributed by atoms with Crippen molar-refractivity contribution in [3.05, 3.63) is 24.0 Å². The monoisotopic (exact) mass is 333 g/mol. The van der Waals surface area contributed by atoms with Crippen molar-refractivity contribution in [2.45, 2.75) is 26.4 Å². The Morgan fingerprint density at radius 3 is 2.50 bits per heavy atom. The van der Waals surface area contributed by atoms with Crippen LogP contribution in [-0.2, 0) is 16.5 Å². The van der Waals surface area contributed by atoms with E-state index in [0.29, 0.717) is 17.1 Å². The Hall–Kier alpha value is -2.97. The molecule has 1 amide bonds. The third-order valence-corrected chi connectivity index (χ3v) is 2.86. The fourth-order valence-corrected chi connectivity index (χ4v) is 1.88. The van der Waals surface area contributed by atoms with Gasteiger partial charge in [0, 0.05) is 7.05 Å². The van der Waals surface area contributed by atoms with Crippen LogP contribution in [0.15, 0.2) is 18.3 Å². The molecule has 0 spiro atoms. The summed E-state index contributed by atoms with van der Waals surface area (Å²) >= 11 is 0. The van der Waals surface area contributed by atoms with Crippen molar-refractivity contribution in [1.82, 2.24) is 20.0 Å². The topological polar surface area (TPSA) is 108 Å². The van der Waals surface area contributed by atoms with Crippen LogP contribution in [0.1, 0.15) is 31.3 Å². The summed E-state index contributed by atoms with van der Waals surface area (Å²) in [6.45, 7) is 5.32. The third kappa shape index (κ3) is 4.06. The second-order valence-electron chi connectivity index (χ2n) is 5.96. The number of anilines is 1. The van der Waals surface area contributed by atoms with E-state index in [-0.39, 0.29) is 5.69 Å². The highest BCUT2D eigenvalue weighted by molar-refractivity contribution is 5.93. The zero-order valence-electron chi connectivity index (χ0n) is 14.2. The second kappa shape index (κ2) is 6.65. The van der Waals surface area contributed by atoms with Crippen LogP contribution >= 0.6 is 0 Å². The molecule has 0 unspecified atom stereocenters. The average molecular weight is 333 g/mol. The van der Waals surface area contributed by atoms with Gasteiger partial charge in [0.15, 0.2) is 5.69 Å². The van der Waals surface area contributed by atoms with Crippen LogP contribution in [0, 0.1) is 0 Å². The lowest BCUT2D eigenvalue weighted by Gasteiger charge is -2.19. The number of carbonyl (C=O) groups excluding carboxylic acids is 2. The van der Waals surface area contributed by atoms with E-state index >= 15 is 0 Å². The molecule has 0 aliphatic heterocycles. The van der Waals surface area contributed by atoms with Crippen molar-refractivity contribution >= 4 is 17.7 Å². The standard InChI is InChI=1S/C15H19N5O4/c1-15(2,3)24-14(22)17-9-6-7-10(16-8-9)11-12(13(21)23-5)20(4)19-18-11/h6-8H,1-5H3,(H,17,22). The molecule has 2 heterocycles. The number of hydrogen-bond donors (Lipinski definition) is 1. The van der Waals surface area contributed by atoms with E-state index in [1.54, 1.807) is 40.0 Å². The first kappa shape index (κ1) is 17.4. The number of methoxy groups -OCH3 is 1. The Kier molecular flexibility index (Phi) is 4.82. The van der Waals surface area contributed by atoms with Crippen molar-refractivity contribution in [3.8, 4) is 11.4 Å². The minimum atomic E-state index is -0.591. The van der Waals surface area contributed by atoms with E-state index in [1.165, 1.54) is 18.0 Å². The van der Waals surface area contributed by atoms with E-state index < -0.39 is 17.7 Å². The number of aryl methyl sites for hydroxylation is 1. The summed E-state index contributed by atoms with van der Waals surface area (Å²) in [7, 11) is 2.86. The average Bonchev–Trinajstić information content (AvgIpc) is 2.87. The molecule has 0 atom stereocenters. The largest absolute Gasteiger partial charge is 0.464 e. The summed E-state index contributed by atoms with van der Waals surface area (Å²) in [6, 6.07) is 3.24.